The van der Waals surface area contributed by atoms with Gasteiger partial charge in [-0.15, -0.1) is 0 Å². The van der Waals surface area contributed by atoms with Gasteiger partial charge in [-0.25, -0.2) is 13.1 Å². The van der Waals surface area contributed by atoms with Crippen molar-refractivity contribution in [1.29, 1.82) is 0 Å². The normalized spacial score (nSPS) is 18.4. The molecular weight excluding hydrogens is 292 g/mol. The first-order chi connectivity index (χ1) is 9.86. The van der Waals surface area contributed by atoms with Crippen molar-refractivity contribution in [3.63, 3.8) is 0 Å². The molecule has 0 unspecified atom stereocenters. The van der Waals surface area contributed by atoms with Gasteiger partial charge in [-0.1, -0.05) is 19.3 Å². The number of hydrogen-bond acceptors (Lipinski definition) is 5. The fourth-order valence-electron chi connectivity index (χ4n) is 2.60. The third-order valence-corrected chi connectivity index (χ3v) is 5.28. The lowest BCUT2D eigenvalue weighted by atomic mass is 9.85. The molecule has 7 heteroatoms. The highest BCUT2D eigenvalue weighted by Crippen LogP contribution is 2.29. The Morgan fingerprint density at radius 3 is 2.62 bits per heavy atom. The molecule has 1 aliphatic carbocycles. The van der Waals surface area contributed by atoms with Gasteiger partial charge in [-0.05, 0) is 31.0 Å². The Balaban J connectivity index is 2.17. The van der Waals surface area contributed by atoms with E-state index in [1.165, 1.54) is 19.2 Å². The first kappa shape index (κ1) is 16.1. The van der Waals surface area contributed by atoms with E-state index in [1.54, 1.807) is 6.07 Å². The van der Waals surface area contributed by atoms with E-state index in [0.717, 1.165) is 19.3 Å². The van der Waals surface area contributed by atoms with Crippen LogP contribution >= 0.6 is 0 Å². The molecule has 0 spiro atoms. The van der Waals surface area contributed by atoms with Gasteiger partial charge in [-0.2, -0.15) is 0 Å². The number of nitrogens with two attached hydrogens (primary N) is 1. The van der Waals surface area contributed by atoms with Crippen molar-refractivity contribution in [3.8, 4) is 5.75 Å². The fourth-order valence-corrected chi connectivity index (χ4v) is 3.92. The number of aliphatic hydroxyl groups is 1. The molecule has 6 nitrogen and oxygen atoms in total. The molecule has 0 atom stereocenters. The molecule has 2 rings (SSSR count). The number of ether oxygens (including phenoxy) is 1. The van der Waals surface area contributed by atoms with Gasteiger partial charge >= 0.3 is 0 Å². The molecule has 0 radical (unpaired) electrons. The van der Waals surface area contributed by atoms with Crippen molar-refractivity contribution >= 4 is 15.7 Å². The van der Waals surface area contributed by atoms with Crippen LogP contribution in [0.25, 0.3) is 0 Å². The first-order valence-electron chi connectivity index (χ1n) is 7.02. The van der Waals surface area contributed by atoms with Gasteiger partial charge in [0.1, 0.15) is 10.6 Å². The van der Waals surface area contributed by atoms with Crippen LogP contribution in [-0.2, 0) is 10.0 Å². The van der Waals surface area contributed by atoms with Crippen LogP contribution < -0.4 is 15.2 Å². The Morgan fingerprint density at radius 1 is 1.33 bits per heavy atom. The summed E-state index contributed by atoms with van der Waals surface area (Å²) >= 11 is 0. The standard InChI is InChI=1S/C14H22N2O4S/c1-20-12-6-5-11(15)9-13(12)21(18,19)16-10-14(17)7-3-2-4-8-14/h5-6,9,16-17H,2-4,7-8,10,15H2,1H3. The van der Waals surface area contributed by atoms with Crippen LogP contribution in [0.5, 0.6) is 5.75 Å². The second-order valence-electron chi connectivity index (χ2n) is 5.52. The third kappa shape index (κ3) is 3.87. The maximum Gasteiger partial charge on any atom is 0.244 e. The molecule has 118 valence electrons. The molecule has 0 aliphatic heterocycles. The van der Waals surface area contributed by atoms with Crippen LogP contribution in [0.3, 0.4) is 0 Å². The van der Waals surface area contributed by atoms with E-state index in [9.17, 15) is 13.5 Å². The lowest BCUT2D eigenvalue weighted by Gasteiger charge is -2.32. The number of anilines is 1. The van der Waals surface area contributed by atoms with Gasteiger partial charge in [0.2, 0.25) is 10.0 Å². The average Bonchev–Trinajstić information content (AvgIpc) is 2.46. The topological polar surface area (TPSA) is 102 Å². The van der Waals surface area contributed by atoms with Gasteiger partial charge in [0.25, 0.3) is 0 Å². The van der Waals surface area contributed by atoms with E-state index in [-0.39, 0.29) is 17.2 Å². The molecule has 0 amide bonds. The third-order valence-electron chi connectivity index (χ3n) is 3.85. The number of nitrogens with one attached hydrogen (secondary N) is 1. The molecule has 1 aromatic rings. The van der Waals surface area contributed by atoms with E-state index < -0.39 is 15.6 Å². The second kappa shape index (κ2) is 6.21. The van der Waals surface area contributed by atoms with E-state index in [4.69, 9.17) is 10.5 Å². The van der Waals surface area contributed by atoms with E-state index in [2.05, 4.69) is 4.72 Å². The van der Waals surface area contributed by atoms with Crippen molar-refractivity contribution in [3.05, 3.63) is 18.2 Å². The zero-order valence-electron chi connectivity index (χ0n) is 12.1. The van der Waals surface area contributed by atoms with Gasteiger partial charge in [0, 0.05) is 12.2 Å². The lowest BCUT2D eigenvalue weighted by molar-refractivity contribution is 0.00945. The SMILES string of the molecule is COc1ccc(N)cc1S(=O)(=O)NCC1(O)CCCCC1. The lowest BCUT2D eigenvalue weighted by Crippen LogP contribution is -2.44. The molecule has 1 fully saturated rings. The van der Waals surface area contributed by atoms with Crippen LogP contribution in [0.4, 0.5) is 5.69 Å². The van der Waals surface area contributed by atoms with Crippen molar-refractivity contribution in [2.45, 2.75) is 42.6 Å². The Labute approximate surface area is 125 Å². The maximum atomic E-state index is 12.4. The number of hydrogen-bond donors (Lipinski definition) is 3. The zero-order chi connectivity index (χ0) is 15.5. The van der Waals surface area contributed by atoms with Crippen molar-refractivity contribution < 1.29 is 18.3 Å². The van der Waals surface area contributed by atoms with Crippen LogP contribution in [0.2, 0.25) is 0 Å². The minimum Gasteiger partial charge on any atom is -0.495 e. The largest absolute Gasteiger partial charge is 0.495 e. The van der Waals surface area contributed by atoms with E-state index in [1.807, 2.05) is 0 Å². The molecule has 0 aromatic heterocycles. The maximum absolute atomic E-state index is 12.4. The summed E-state index contributed by atoms with van der Waals surface area (Å²) in [5.41, 5.74) is 5.03. The second-order valence-corrected chi connectivity index (χ2v) is 7.26. The van der Waals surface area contributed by atoms with E-state index >= 15 is 0 Å². The summed E-state index contributed by atoms with van der Waals surface area (Å²) in [7, 11) is -2.38. The number of methoxy groups -OCH3 is 1. The van der Waals surface area contributed by atoms with Gasteiger partial charge in [0.15, 0.2) is 0 Å². The number of benzene rings is 1. The smallest absolute Gasteiger partial charge is 0.244 e. The molecular formula is C14H22N2O4S. The molecule has 0 heterocycles. The monoisotopic (exact) mass is 314 g/mol. The first-order valence-corrected chi connectivity index (χ1v) is 8.50. The number of rotatable bonds is 5. The molecule has 21 heavy (non-hydrogen) atoms. The fraction of sp³-hybridized carbons (Fsp3) is 0.571. The van der Waals surface area contributed by atoms with Gasteiger partial charge in [0.05, 0.1) is 12.7 Å². The zero-order valence-corrected chi connectivity index (χ0v) is 12.9. The van der Waals surface area contributed by atoms with Crippen molar-refractivity contribution in [1.82, 2.24) is 4.72 Å². The highest BCUT2D eigenvalue weighted by Gasteiger charge is 2.31. The van der Waals surface area contributed by atoms with Gasteiger partial charge in [-0.3, -0.25) is 0 Å². The number of sulfonamides is 1. The predicted octanol–water partition coefficient (Wildman–Crippen LogP) is 1.25. The molecule has 4 N–H and O–H groups in total. The van der Waals surface area contributed by atoms with Crippen molar-refractivity contribution in [2.24, 2.45) is 0 Å². The van der Waals surface area contributed by atoms with E-state index in [0.29, 0.717) is 18.5 Å². The van der Waals surface area contributed by atoms with Crippen LogP contribution in [0.15, 0.2) is 23.1 Å². The Hall–Kier alpha value is -1.31. The van der Waals surface area contributed by atoms with Crippen LogP contribution in [-0.4, -0.2) is 32.8 Å². The van der Waals surface area contributed by atoms with Crippen LogP contribution in [0, 0.1) is 0 Å². The highest BCUT2D eigenvalue weighted by molar-refractivity contribution is 7.89. The average molecular weight is 314 g/mol. The molecule has 1 saturated carbocycles. The molecule has 1 aromatic carbocycles. The molecule has 1 aliphatic rings. The Kier molecular flexibility index (Phi) is 4.75. The highest BCUT2D eigenvalue weighted by atomic mass is 32.2. The van der Waals surface area contributed by atoms with Crippen molar-refractivity contribution in [2.75, 3.05) is 19.4 Å². The summed E-state index contributed by atoms with van der Waals surface area (Å²) in [5.74, 6) is 0.229. The molecule has 0 bridgehead atoms. The summed E-state index contributed by atoms with van der Waals surface area (Å²) in [6.45, 7) is 0.00723. The minimum absolute atomic E-state index is 0.00723. The summed E-state index contributed by atoms with van der Waals surface area (Å²) in [6, 6.07) is 4.44. The Morgan fingerprint density at radius 2 is 2.00 bits per heavy atom. The summed E-state index contributed by atoms with van der Waals surface area (Å²) in [6.07, 6.45) is 4.14. The van der Waals surface area contributed by atoms with Gasteiger partial charge < -0.3 is 15.6 Å². The summed E-state index contributed by atoms with van der Waals surface area (Å²) < 4.78 is 32.3. The quantitative estimate of drug-likeness (QED) is 0.710. The predicted molar refractivity (Wildman–Crippen MR) is 80.6 cm³/mol. The number of nitrogen functional groups attached to an aromatic ring is 1. The summed E-state index contributed by atoms with van der Waals surface area (Å²) in [5, 5.41) is 10.4. The minimum atomic E-state index is -3.78. The Bertz CT molecular complexity index is 595. The summed E-state index contributed by atoms with van der Waals surface area (Å²) in [4.78, 5) is -0.00981. The van der Waals surface area contributed by atoms with Crippen LogP contribution in [0.1, 0.15) is 32.1 Å². The molecule has 0 saturated heterocycles.